The van der Waals surface area contributed by atoms with Crippen LogP contribution in [0.3, 0.4) is 0 Å². The Hall–Kier alpha value is -2.92. The summed E-state index contributed by atoms with van der Waals surface area (Å²) in [4.78, 5) is 25.9. The van der Waals surface area contributed by atoms with Crippen molar-refractivity contribution in [1.82, 2.24) is 9.88 Å². The average Bonchev–Trinajstić information content (AvgIpc) is 2.70. The summed E-state index contributed by atoms with van der Waals surface area (Å²) in [7, 11) is 1.64. The highest BCUT2D eigenvalue weighted by Crippen LogP contribution is 2.20. The zero-order valence-corrected chi connectivity index (χ0v) is 15.7. The first-order valence-electron chi connectivity index (χ1n) is 9.06. The SMILES string of the molecule is COCCCn1c(C)c(C(=O)NCc2ccccc2)c2ccccc2c1=O. The molecule has 0 aliphatic carbocycles. The minimum Gasteiger partial charge on any atom is -0.385 e. The number of ether oxygens (including phenoxy) is 1. The molecule has 1 heterocycles. The Balaban J connectivity index is 1.99. The molecular formula is C22H24N2O3. The lowest BCUT2D eigenvalue weighted by Crippen LogP contribution is -2.30. The van der Waals surface area contributed by atoms with Crippen molar-refractivity contribution in [3.8, 4) is 0 Å². The molecule has 0 aliphatic rings. The molecule has 3 rings (SSSR count). The van der Waals surface area contributed by atoms with Gasteiger partial charge < -0.3 is 14.6 Å². The Bertz CT molecular complexity index is 994. The zero-order chi connectivity index (χ0) is 19.2. The average molecular weight is 364 g/mol. The minimum atomic E-state index is -0.173. The molecule has 0 saturated heterocycles. The van der Waals surface area contributed by atoms with Crippen LogP contribution >= 0.6 is 0 Å². The van der Waals surface area contributed by atoms with Crippen LogP contribution in [0.4, 0.5) is 0 Å². The van der Waals surface area contributed by atoms with Crippen molar-refractivity contribution in [2.75, 3.05) is 13.7 Å². The van der Waals surface area contributed by atoms with Crippen molar-refractivity contribution in [3.63, 3.8) is 0 Å². The van der Waals surface area contributed by atoms with Gasteiger partial charge in [-0.2, -0.15) is 0 Å². The molecule has 0 atom stereocenters. The summed E-state index contributed by atoms with van der Waals surface area (Å²) < 4.78 is 6.78. The molecule has 5 heteroatoms. The van der Waals surface area contributed by atoms with E-state index >= 15 is 0 Å². The highest BCUT2D eigenvalue weighted by atomic mass is 16.5. The molecule has 3 aromatic rings. The predicted molar refractivity (Wildman–Crippen MR) is 107 cm³/mol. The lowest BCUT2D eigenvalue weighted by Gasteiger charge is -2.17. The van der Waals surface area contributed by atoms with Gasteiger partial charge in [0.2, 0.25) is 0 Å². The number of nitrogens with one attached hydrogen (secondary N) is 1. The van der Waals surface area contributed by atoms with E-state index in [4.69, 9.17) is 4.74 Å². The van der Waals surface area contributed by atoms with Crippen LogP contribution in [0.5, 0.6) is 0 Å². The first-order chi connectivity index (χ1) is 13.1. The van der Waals surface area contributed by atoms with Gasteiger partial charge in [0.15, 0.2) is 0 Å². The van der Waals surface area contributed by atoms with Crippen LogP contribution < -0.4 is 10.9 Å². The van der Waals surface area contributed by atoms with E-state index in [1.165, 1.54) is 0 Å². The standard InChI is InChI=1S/C22H24N2O3/c1-16-20(21(25)23-15-17-9-4-3-5-10-17)18-11-6-7-12-19(18)22(26)24(16)13-8-14-27-2/h3-7,9-12H,8,13-15H2,1-2H3,(H,23,25). The fourth-order valence-corrected chi connectivity index (χ4v) is 3.30. The highest BCUT2D eigenvalue weighted by Gasteiger charge is 2.18. The second-order valence-electron chi connectivity index (χ2n) is 6.48. The Morgan fingerprint density at radius 1 is 1.04 bits per heavy atom. The second kappa shape index (κ2) is 8.64. The van der Waals surface area contributed by atoms with Crippen LogP contribution in [-0.4, -0.2) is 24.2 Å². The van der Waals surface area contributed by atoms with Crippen molar-refractivity contribution in [2.24, 2.45) is 0 Å². The van der Waals surface area contributed by atoms with Crippen LogP contribution in [0.15, 0.2) is 59.4 Å². The van der Waals surface area contributed by atoms with Crippen molar-refractivity contribution < 1.29 is 9.53 Å². The van der Waals surface area contributed by atoms with Crippen LogP contribution in [-0.2, 0) is 17.8 Å². The third kappa shape index (κ3) is 4.09. The first-order valence-corrected chi connectivity index (χ1v) is 9.06. The molecule has 0 fully saturated rings. The molecule has 0 unspecified atom stereocenters. The van der Waals surface area contributed by atoms with Gasteiger partial charge in [-0.1, -0.05) is 48.5 Å². The monoisotopic (exact) mass is 364 g/mol. The molecule has 0 bridgehead atoms. The predicted octanol–water partition coefficient (Wildman–Crippen LogP) is 3.28. The summed E-state index contributed by atoms with van der Waals surface area (Å²) in [6.07, 6.45) is 0.709. The van der Waals surface area contributed by atoms with Crippen LogP contribution in [0, 0.1) is 6.92 Å². The van der Waals surface area contributed by atoms with E-state index in [-0.39, 0.29) is 11.5 Å². The Morgan fingerprint density at radius 3 is 2.41 bits per heavy atom. The summed E-state index contributed by atoms with van der Waals surface area (Å²) in [5, 5.41) is 4.23. The van der Waals surface area contributed by atoms with Crippen LogP contribution in [0.25, 0.3) is 10.8 Å². The van der Waals surface area contributed by atoms with Gasteiger partial charge in [-0.05, 0) is 25.0 Å². The summed E-state index contributed by atoms with van der Waals surface area (Å²) in [5.41, 5.74) is 2.19. The maximum absolute atomic E-state index is 13.0. The number of pyridine rings is 1. The molecule has 0 spiro atoms. The van der Waals surface area contributed by atoms with E-state index in [9.17, 15) is 9.59 Å². The molecule has 1 N–H and O–H groups in total. The van der Waals surface area contributed by atoms with Gasteiger partial charge in [-0.15, -0.1) is 0 Å². The Morgan fingerprint density at radius 2 is 1.70 bits per heavy atom. The van der Waals surface area contributed by atoms with Gasteiger partial charge in [0.1, 0.15) is 0 Å². The number of fused-ring (bicyclic) bond motifs is 1. The lowest BCUT2D eigenvalue weighted by atomic mass is 10.0. The molecule has 27 heavy (non-hydrogen) atoms. The normalized spacial score (nSPS) is 10.9. The van der Waals surface area contributed by atoms with Crippen LogP contribution in [0.2, 0.25) is 0 Å². The maximum atomic E-state index is 13.0. The smallest absolute Gasteiger partial charge is 0.258 e. The molecule has 140 valence electrons. The summed E-state index contributed by atoms with van der Waals surface area (Å²) >= 11 is 0. The fraction of sp³-hybridized carbons (Fsp3) is 0.273. The van der Waals surface area contributed by atoms with E-state index in [1.54, 1.807) is 17.7 Å². The van der Waals surface area contributed by atoms with Crippen molar-refractivity contribution >= 4 is 16.7 Å². The minimum absolute atomic E-state index is 0.0705. The topological polar surface area (TPSA) is 60.3 Å². The maximum Gasteiger partial charge on any atom is 0.258 e. The van der Waals surface area contributed by atoms with Crippen molar-refractivity contribution in [1.29, 1.82) is 0 Å². The second-order valence-corrected chi connectivity index (χ2v) is 6.48. The molecule has 0 saturated carbocycles. The van der Waals surface area contributed by atoms with Gasteiger partial charge in [0.25, 0.3) is 11.5 Å². The number of methoxy groups -OCH3 is 1. The van der Waals surface area contributed by atoms with Gasteiger partial charge in [0.05, 0.1) is 5.56 Å². The summed E-state index contributed by atoms with van der Waals surface area (Å²) in [6.45, 7) is 3.35. The van der Waals surface area contributed by atoms with E-state index in [0.717, 1.165) is 5.56 Å². The fourth-order valence-electron chi connectivity index (χ4n) is 3.30. The first kappa shape index (κ1) is 18.9. The molecule has 1 amide bonds. The molecule has 1 aromatic heterocycles. The molecule has 0 radical (unpaired) electrons. The third-order valence-corrected chi connectivity index (χ3v) is 4.69. The molecular weight excluding hydrogens is 340 g/mol. The number of benzene rings is 2. The highest BCUT2D eigenvalue weighted by molar-refractivity contribution is 6.07. The number of carbonyl (C=O) groups is 1. The van der Waals surface area contributed by atoms with Gasteiger partial charge >= 0.3 is 0 Å². The van der Waals surface area contributed by atoms with Gasteiger partial charge in [-0.3, -0.25) is 9.59 Å². The number of aromatic nitrogens is 1. The number of rotatable bonds is 7. The number of amides is 1. The third-order valence-electron chi connectivity index (χ3n) is 4.69. The zero-order valence-electron chi connectivity index (χ0n) is 15.7. The molecule has 5 nitrogen and oxygen atoms in total. The quantitative estimate of drug-likeness (QED) is 0.655. The Kier molecular flexibility index (Phi) is 6.04. The summed E-state index contributed by atoms with van der Waals surface area (Å²) in [6, 6.07) is 17.1. The van der Waals surface area contributed by atoms with E-state index < -0.39 is 0 Å². The van der Waals surface area contributed by atoms with E-state index in [1.807, 2.05) is 55.5 Å². The molecule has 0 aliphatic heterocycles. The Labute approximate surface area is 158 Å². The number of hydrogen-bond donors (Lipinski definition) is 1. The number of hydrogen-bond acceptors (Lipinski definition) is 3. The van der Waals surface area contributed by atoms with Crippen molar-refractivity contribution in [3.05, 3.63) is 81.8 Å². The van der Waals surface area contributed by atoms with E-state index in [2.05, 4.69) is 5.32 Å². The lowest BCUT2D eigenvalue weighted by molar-refractivity contribution is 0.0951. The number of carbonyl (C=O) groups excluding carboxylic acids is 1. The largest absolute Gasteiger partial charge is 0.385 e. The number of nitrogens with zero attached hydrogens (tertiary/aromatic N) is 1. The summed E-state index contributed by atoms with van der Waals surface area (Å²) in [5.74, 6) is -0.173. The van der Waals surface area contributed by atoms with E-state index in [0.29, 0.717) is 48.1 Å². The van der Waals surface area contributed by atoms with Crippen molar-refractivity contribution in [2.45, 2.75) is 26.4 Å². The molecule has 2 aromatic carbocycles. The van der Waals surface area contributed by atoms with Gasteiger partial charge in [-0.25, -0.2) is 0 Å². The van der Waals surface area contributed by atoms with Gasteiger partial charge in [0, 0.05) is 43.3 Å². The van der Waals surface area contributed by atoms with Crippen LogP contribution in [0.1, 0.15) is 28.0 Å².